The van der Waals surface area contributed by atoms with Crippen LogP contribution in [0.15, 0.2) is 29.6 Å². The Kier molecular flexibility index (Phi) is 3.64. The summed E-state index contributed by atoms with van der Waals surface area (Å²) in [5, 5.41) is 2.55. The number of benzene rings is 1. The number of carbonyl (C=O) groups excluding carboxylic acids is 1. The minimum Gasteiger partial charge on any atom is -0.300 e. The predicted molar refractivity (Wildman–Crippen MR) is 66.5 cm³/mol. The quantitative estimate of drug-likeness (QED) is 0.830. The van der Waals surface area contributed by atoms with Crippen LogP contribution in [0.4, 0.5) is 4.39 Å². The highest BCUT2D eigenvalue weighted by Gasteiger charge is 2.09. The van der Waals surface area contributed by atoms with E-state index in [1.165, 1.54) is 17.4 Å². The monoisotopic (exact) mass is 249 g/mol. The molecule has 0 fully saturated rings. The Balaban J connectivity index is 2.18. The number of aryl methyl sites for hydroxylation is 1. The van der Waals surface area contributed by atoms with E-state index in [2.05, 4.69) is 4.98 Å². The van der Waals surface area contributed by atoms with Gasteiger partial charge in [0, 0.05) is 17.4 Å². The number of hydrogen-bond donors (Lipinski definition) is 0. The van der Waals surface area contributed by atoms with Crippen LogP contribution >= 0.6 is 11.3 Å². The first-order valence-corrected chi connectivity index (χ1v) is 6.23. The third kappa shape index (κ3) is 2.97. The summed E-state index contributed by atoms with van der Waals surface area (Å²) >= 11 is 1.41. The molecule has 0 aliphatic heterocycles. The number of ketones is 1. The number of Topliss-reactive ketones (excluding diaryl/α,β-unsaturated/α-hetero) is 1. The number of halogens is 1. The Labute approximate surface area is 103 Å². The highest BCUT2D eigenvalue weighted by atomic mass is 32.1. The van der Waals surface area contributed by atoms with Gasteiger partial charge in [0.15, 0.2) is 0 Å². The lowest BCUT2D eigenvalue weighted by molar-refractivity contribution is -0.116. The van der Waals surface area contributed by atoms with Gasteiger partial charge in [-0.3, -0.25) is 0 Å². The first kappa shape index (κ1) is 11.9. The van der Waals surface area contributed by atoms with E-state index in [1.54, 1.807) is 25.1 Å². The van der Waals surface area contributed by atoms with Crippen LogP contribution in [0.1, 0.15) is 19.0 Å². The van der Waals surface area contributed by atoms with Crippen LogP contribution in [0.2, 0.25) is 0 Å². The molecule has 0 amide bonds. The molecule has 1 aromatic heterocycles. The maximum Gasteiger partial charge on any atom is 0.133 e. The van der Waals surface area contributed by atoms with Crippen LogP contribution in [-0.2, 0) is 11.2 Å². The summed E-state index contributed by atoms with van der Waals surface area (Å²) in [5.74, 6) is -0.120. The van der Waals surface area contributed by atoms with Gasteiger partial charge >= 0.3 is 0 Å². The molecular weight excluding hydrogens is 237 g/mol. The van der Waals surface area contributed by atoms with Crippen LogP contribution in [0.5, 0.6) is 0 Å². The molecule has 0 atom stereocenters. The summed E-state index contributed by atoms with van der Waals surface area (Å²) in [7, 11) is 0. The van der Waals surface area contributed by atoms with Gasteiger partial charge in [-0.1, -0.05) is 12.1 Å². The van der Waals surface area contributed by atoms with Crippen LogP contribution in [0, 0.1) is 5.82 Å². The number of carbonyl (C=O) groups is 1. The van der Waals surface area contributed by atoms with Crippen molar-refractivity contribution in [2.75, 3.05) is 0 Å². The molecule has 1 heterocycles. The van der Waals surface area contributed by atoms with Crippen molar-refractivity contribution in [3.05, 3.63) is 41.2 Å². The Morgan fingerprint density at radius 1 is 1.41 bits per heavy atom. The average molecular weight is 249 g/mol. The largest absolute Gasteiger partial charge is 0.300 e. The molecule has 4 heteroatoms. The van der Waals surface area contributed by atoms with E-state index in [9.17, 15) is 9.18 Å². The van der Waals surface area contributed by atoms with Gasteiger partial charge in [0.1, 0.15) is 16.6 Å². The van der Waals surface area contributed by atoms with Gasteiger partial charge in [-0.25, -0.2) is 9.37 Å². The molecule has 2 nitrogen and oxygen atoms in total. The van der Waals surface area contributed by atoms with Gasteiger partial charge in [0.05, 0.1) is 5.69 Å². The molecule has 88 valence electrons. The second-order valence-electron chi connectivity index (χ2n) is 3.83. The maximum absolute atomic E-state index is 13.5. The van der Waals surface area contributed by atoms with Crippen LogP contribution in [0.25, 0.3) is 10.6 Å². The van der Waals surface area contributed by atoms with E-state index >= 15 is 0 Å². The maximum atomic E-state index is 13.5. The van der Waals surface area contributed by atoms with Crippen molar-refractivity contribution in [3.8, 4) is 10.6 Å². The zero-order valence-electron chi connectivity index (χ0n) is 9.44. The van der Waals surface area contributed by atoms with Crippen LogP contribution in [0.3, 0.4) is 0 Å². The van der Waals surface area contributed by atoms with E-state index in [4.69, 9.17) is 0 Å². The van der Waals surface area contributed by atoms with Crippen molar-refractivity contribution < 1.29 is 9.18 Å². The molecule has 0 bridgehead atoms. The van der Waals surface area contributed by atoms with E-state index in [1.807, 2.05) is 5.38 Å². The first-order chi connectivity index (χ1) is 8.16. The molecule has 0 aliphatic carbocycles. The number of hydrogen-bond acceptors (Lipinski definition) is 3. The number of aromatic nitrogens is 1. The van der Waals surface area contributed by atoms with Crippen molar-refractivity contribution in [3.63, 3.8) is 0 Å². The number of nitrogens with zero attached hydrogens (tertiary/aromatic N) is 1. The molecule has 0 unspecified atom stereocenters. The Hall–Kier alpha value is -1.55. The molecule has 0 radical (unpaired) electrons. The lowest BCUT2D eigenvalue weighted by Gasteiger charge is -1.97. The van der Waals surface area contributed by atoms with E-state index in [-0.39, 0.29) is 11.6 Å². The lowest BCUT2D eigenvalue weighted by Crippen LogP contribution is -1.94. The minimum absolute atomic E-state index is 0.144. The zero-order valence-corrected chi connectivity index (χ0v) is 10.3. The fourth-order valence-corrected chi connectivity index (χ4v) is 2.36. The van der Waals surface area contributed by atoms with E-state index < -0.39 is 0 Å². The second-order valence-corrected chi connectivity index (χ2v) is 4.68. The van der Waals surface area contributed by atoms with Crippen molar-refractivity contribution in [2.45, 2.75) is 19.8 Å². The van der Waals surface area contributed by atoms with Gasteiger partial charge in [-0.15, -0.1) is 11.3 Å². The van der Waals surface area contributed by atoms with Crippen LogP contribution < -0.4 is 0 Å². The normalized spacial score (nSPS) is 10.5. The molecule has 0 aliphatic rings. The molecule has 2 aromatic rings. The fraction of sp³-hybridized carbons (Fsp3) is 0.231. The molecule has 0 saturated carbocycles. The zero-order chi connectivity index (χ0) is 12.3. The lowest BCUT2D eigenvalue weighted by atomic mass is 10.2. The predicted octanol–water partition coefficient (Wildman–Crippen LogP) is 3.47. The summed E-state index contributed by atoms with van der Waals surface area (Å²) in [6.07, 6.45) is 1.11. The highest BCUT2D eigenvalue weighted by Crippen LogP contribution is 2.26. The van der Waals surface area contributed by atoms with E-state index in [0.717, 1.165) is 5.69 Å². The van der Waals surface area contributed by atoms with Gasteiger partial charge in [-0.05, 0) is 25.5 Å². The molecule has 17 heavy (non-hydrogen) atoms. The smallest absolute Gasteiger partial charge is 0.133 e. The molecule has 0 spiro atoms. The second kappa shape index (κ2) is 5.19. The van der Waals surface area contributed by atoms with Gasteiger partial charge in [-0.2, -0.15) is 0 Å². The summed E-state index contributed by atoms with van der Waals surface area (Å²) in [6, 6.07) is 6.58. The van der Waals surface area contributed by atoms with Crippen LogP contribution in [-0.4, -0.2) is 10.8 Å². The molecular formula is C13H12FNOS. The van der Waals surface area contributed by atoms with Crippen molar-refractivity contribution in [1.82, 2.24) is 4.98 Å². The summed E-state index contributed by atoms with van der Waals surface area (Å²) in [4.78, 5) is 15.2. The Morgan fingerprint density at radius 2 is 2.18 bits per heavy atom. The summed E-state index contributed by atoms with van der Waals surface area (Å²) in [5.41, 5.74) is 1.37. The van der Waals surface area contributed by atoms with Crippen molar-refractivity contribution >= 4 is 17.1 Å². The average Bonchev–Trinajstić information content (AvgIpc) is 2.75. The number of thiazole rings is 1. The molecule has 1 aromatic carbocycles. The standard InChI is InChI=1S/C13H12FNOS/c1-9(16)6-7-10-8-17-13(15-10)11-4-2-3-5-12(11)14/h2-5,8H,6-7H2,1H3. The summed E-state index contributed by atoms with van der Waals surface area (Å²) in [6.45, 7) is 1.56. The van der Waals surface area contributed by atoms with Gasteiger partial charge in [0.2, 0.25) is 0 Å². The van der Waals surface area contributed by atoms with E-state index in [0.29, 0.717) is 23.4 Å². The molecule has 2 rings (SSSR count). The SMILES string of the molecule is CC(=O)CCc1csc(-c2ccccc2F)n1. The summed E-state index contributed by atoms with van der Waals surface area (Å²) < 4.78 is 13.5. The minimum atomic E-state index is -0.264. The Morgan fingerprint density at radius 3 is 2.88 bits per heavy atom. The van der Waals surface area contributed by atoms with Gasteiger partial charge < -0.3 is 4.79 Å². The third-order valence-electron chi connectivity index (χ3n) is 2.39. The van der Waals surface area contributed by atoms with Crippen molar-refractivity contribution in [1.29, 1.82) is 0 Å². The fourth-order valence-electron chi connectivity index (χ4n) is 1.48. The molecule has 0 saturated heterocycles. The Bertz CT molecular complexity index is 536. The van der Waals surface area contributed by atoms with Gasteiger partial charge in [0.25, 0.3) is 0 Å². The highest BCUT2D eigenvalue weighted by molar-refractivity contribution is 7.13. The number of rotatable bonds is 4. The third-order valence-corrected chi connectivity index (χ3v) is 3.31. The molecule has 0 N–H and O–H groups in total. The topological polar surface area (TPSA) is 30.0 Å². The first-order valence-electron chi connectivity index (χ1n) is 5.35. The van der Waals surface area contributed by atoms with Crippen molar-refractivity contribution in [2.24, 2.45) is 0 Å².